The van der Waals surface area contributed by atoms with Crippen LogP contribution in [0.25, 0.3) is 0 Å². The Morgan fingerprint density at radius 2 is 2.06 bits per heavy atom. The molecular weight excluding hydrogens is 228 g/mol. The number of nitrogens with two attached hydrogens (primary N) is 1. The summed E-state index contributed by atoms with van der Waals surface area (Å²) >= 11 is 0. The summed E-state index contributed by atoms with van der Waals surface area (Å²) in [6.07, 6.45) is -2.13. The normalized spacial score (nSPS) is 13.8. The summed E-state index contributed by atoms with van der Waals surface area (Å²) in [5.41, 5.74) is 5.79. The van der Waals surface area contributed by atoms with Crippen LogP contribution in [0.2, 0.25) is 0 Å². The lowest BCUT2D eigenvalue weighted by atomic mass is 10.1. The van der Waals surface area contributed by atoms with Crippen molar-refractivity contribution in [3.05, 3.63) is 29.8 Å². The van der Waals surface area contributed by atoms with Crippen LogP contribution in [0.5, 0.6) is 0 Å². The van der Waals surface area contributed by atoms with Crippen LogP contribution >= 0.6 is 0 Å². The fourth-order valence-corrected chi connectivity index (χ4v) is 1.03. The molecule has 0 amide bonds. The molecule has 0 fully saturated rings. The van der Waals surface area contributed by atoms with Crippen LogP contribution in [0.1, 0.15) is 11.6 Å². The minimum atomic E-state index is -4.39. The Morgan fingerprint density at radius 1 is 1.38 bits per heavy atom. The van der Waals surface area contributed by atoms with E-state index >= 15 is 0 Å². The van der Waals surface area contributed by atoms with Gasteiger partial charge in [-0.15, -0.1) is 0 Å². The summed E-state index contributed by atoms with van der Waals surface area (Å²) in [7, 11) is 0. The molecule has 1 aromatic rings. The van der Waals surface area contributed by atoms with Crippen LogP contribution in [0.3, 0.4) is 0 Å². The Bertz CT molecular complexity index is 343. The molecule has 0 aliphatic rings. The second-order valence-corrected chi connectivity index (χ2v) is 3.17. The Kier molecular flexibility index (Phi) is 4.19. The van der Waals surface area contributed by atoms with Gasteiger partial charge in [-0.2, -0.15) is 13.2 Å². The second kappa shape index (κ2) is 5.22. The molecule has 0 spiro atoms. The number of alkyl halides is 3. The molecule has 0 aliphatic carbocycles. The number of aromatic nitrogens is 1. The van der Waals surface area contributed by atoms with Gasteiger partial charge in [0.05, 0.1) is 18.8 Å². The maximum absolute atomic E-state index is 12.7. The molecule has 0 aromatic carbocycles. The zero-order valence-corrected chi connectivity index (χ0v) is 8.17. The van der Waals surface area contributed by atoms with Gasteiger partial charge in [0.15, 0.2) is 0 Å². The minimum absolute atomic E-state index is 0.294. The molecule has 0 saturated heterocycles. The van der Waals surface area contributed by atoms with Gasteiger partial charge in [0.1, 0.15) is 12.4 Å². The highest BCUT2D eigenvalue weighted by atomic mass is 19.4. The van der Waals surface area contributed by atoms with E-state index in [1.54, 1.807) is 0 Å². The van der Waals surface area contributed by atoms with E-state index in [1.807, 2.05) is 0 Å². The van der Waals surface area contributed by atoms with Gasteiger partial charge in [-0.1, -0.05) is 0 Å². The predicted molar refractivity (Wildman–Crippen MR) is 48.0 cm³/mol. The highest BCUT2D eigenvalue weighted by molar-refractivity contribution is 5.14. The molecule has 90 valence electrons. The minimum Gasteiger partial charge on any atom is -0.370 e. The van der Waals surface area contributed by atoms with Gasteiger partial charge in [0.25, 0.3) is 0 Å². The molecule has 2 N–H and O–H groups in total. The average Bonchev–Trinajstić information content (AvgIpc) is 2.15. The van der Waals surface area contributed by atoms with Crippen molar-refractivity contribution < 1.29 is 22.3 Å². The molecule has 1 rings (SSSR count). The fourth-order valence-electron chi connectivity index (χ4n) is 1.03. The average molecular weight is 238 g/mol. The largest absolute Gasteiger partial charge is 0.411 e. The monoisotopic (exact) mass is 238 g/mol. The number of hydrogen-bond acceptors (Lipinski definition) is 3. The zero-order chi connectivity index (χ0) is 12.2. The molecule has 0 bridgehead atoms. The molecule has 16 heavy (non-hydrogen) atoms. The Balaban J connectivity index is 2.44. The van der Waals surface area contributed by atoms with E-state index in [4.69, 9.17) is 5.73 Å². The van der Waals surface area contributed by atoms with Crippen molar-refractivity contribution in [2.45, 2.75) is 12.2 Å². The van der Waals surface area contributed by atoms with Gasteiger partial charge < -0.3 is 10.5 Å². The molecule has 1 heterocycles. The van der Waals surface area contributed by atoms with Crippen LogP contribution in [-0.4, -0.2) is 24.4 Å². The smallest absolute Gasteiger partial charge is 0.370 e. The first-order valence-electron chi connectivity index (χ1n) is 4.39. The van der Waals surface area contributed by atoms with Gasteiger partial charge in [-0.3, -0.25) is 4.98 Å². The van der Waals surface area contributed by atoms with Crippen LogP contribution in [-0.2, 0) is 4.74 Å². The van der Waals surface area contributed by atoms with Crippen molar-refractivity contribution in [3.63, 3.8) is 0 Å². The highest BCUT2D eigenvalue weighted by Gasteiger charge is 2.27. The van der Waals surface area contributed by atoms with Crippen LogP contribution in [0, 0.1) is 5.82 Å². The number of hydrogen-bond donors (Lipinski definition) is 1. The fraction of sp³-hybridized carbons (Fsp3) is 0.444. The molecule has 7 heteroatoms. The molecule has 0 saturated carbocycles. The van der Waals surface area contributed by atoms with Crippen molar-refractivity contribution >= 4 is 0 Å². The Labute approximate surface area is 89.2 Å². The molecule has 1 unspecified atom stereocenters. The molecule has 1 atom stereocenters. The van der Waals surface area contributed by atoms with E-state index in [0.29, 0.717) is 5.56 Å². The highest BCUT2D eigenvalue weighted by Crippen LogP contribution is 2.16. The summed E-state index contributed by atoms with van der Waals surface area (Å²) in [6, 6.07) is 0.278. The standard InChI is InChI=1S/C9H10F4N2O/c10-7-1-6(2-15-3-7)8(14)4-16-5-9(11,12)13/h1-3,8H,4-5,14H2. The van der Waals surface area contributed by atoms with E-state index in [-0.39, 0.29) is 6.61 Å². The second-order valence-electron chi connectivity index (χ2n) is 3.17. The molecule has 0 aliphatic heterocycles. The number of halogens is 4. The van der Waals surface area contributed by atoms with E-state index in [9.17, 15) is 17.6 Å². The maximum Gasteiger partial charge on any atom is 0.411 e. The van der Waals surface area contributed by atoms with Crippen molar-refractivity contribution in [1.29, 1.82) is 0 Å². The third kappa shape index (κ3) is 4.54. The van der Waals surface area contributed by atoms with Gasteiger partial charge in [-0.25, -0.2) is 4.39 Å². The first-order chi connectivity index (χ1) is 7.38. The summed E-state index contributed by atoms with van der Waals surface area (Å²) in [5, 5.41) is 0. The predicted octanol–water partition coefficient (Wildman–Crippen LogP) is 1.80. The summed E-state index contributed by atoms with van der Waals surface area (Å²) in [6.45, 7) is -1.71. The van der Waals surface area contributed by atoms with Gasteiger partial charge >= 0.3 is 6.18 Å². The first kappa shape index (κ1) is 12.9. The lowest BCUT2D eigenvalue weighted by Gasteiger charge is -2.13. The molecular formula is C9H10F4N2O. The lowest BCUT2D eigenvalue weighted by molar-refractivity contribution is -0.174. The van der Waals surface area contributed by atoms with E-state index < -0.39 is 24.6 Å². The summed E-state index contributed by atoms with van der Waals surface area (Å²) in [5.74, 6) is -0.594. The maximum atomic E-state index is 12.7. The van der Waals surface area contributed by atoms with Crippen molar-refractivity contribution in [3.8, 4) is 0 Å². The Hall–Kier alpha value is -1.21. The SMILES string of the molecule is NC(COCC(F)(F)F)c1cncc(F)c1. The van der Waals surface area contributed by atoms with E-state index in [1.165, 1.54) is 6.20 Å². The van der Waals surface area contributed by atoms with Crippen molar-refractivity contribution in [1.82, 2.24) is 4.98 Å². The van der Waals surface area contributed by atoms with Crippen LogP contribution < -0.4 is 5.73 Å². The van der Waals surface area contributed by atoms with E-state index in [2.05, 4.69) is 9.72 Å². The quantitative estimate of drug-likeness (QED) is 0.813. The number of rotatable bonds is 4. The van der Waals surface area contributed by atoms with Gasteiger partial charge in [0, 0.05) is 6.20 Å². The zero-order valence-electron chi connectivity index (χ0n) is 8.17. The van der Waals surface area contributed by atoms with Crippen molar-refractivity contribution in [2.75, 3.05) is 13.2 Å². The summed E-state index contributed by atoms with van der Waals surface area (Å²) < 4.78 is 52.3. The third-order valence-electron chi connectivity index (χ3n) is 1.72. The van der Waals surface area contributed by atoms with Gasteiger partial charge in [-0.05, 0) is 11.6 Å². The number of nitrogens with zero attached hydrogens (tertiary/aromatic N) is 1. The van der Waals surface area contributed by atoms with Crippen LogP contribution in [0.4, 0.5) is 17.6 Å². The first-order valence-corrected chi connectivity index (χ1v) is 4.39. The Morgan fingerprint density at radius 3 is 2.62 bits per heavy atom. The molecule has 1 aromatic heterocycles. The third-order valence-corrected chi connectivity index (χ3v) is 1.72. The molecule has 0 radical (unpaired) electrons. The van der Waals surface area contributed by atoms with Gasteiger partial charge in [0.2, 0.25) is 0 Å². The number of ether oxygens (including phenoxy) is 1. The topological polar surface area (TPSA) is 48.1 Å². The lowest BCUT2D eigenvalue weighted by Crippen LogP contribution is -2.23. The van der Waals surface area contributed by atoms with Crippen molar-refractivity contribution in [2.24, 2.45) is 5.73 Å². The van der Waals surface area contributed by atoms with Crippen LogP contribution in [0.15, 0.2) is 18.5 Å². The molecule has 3 nitrogen and oxygen atoms in total. The summed E-state index contributed by atoms with van der Waals surface area (Å²) in [4.78, 5) is 3.53. The van der Waals surface area contributed by atoms with E-state index in [0.717, 1.165) is 12.3 Å². The number of pyridine rings is 1.